The van der Waals surface area contributed by atoms with Crippen LogP contribution < -0.4 is 5.32 Å². The molecule has 0 unspecified atom stereocenters. The monoisotopic (exact) mass is 274 g/mol. The van der Waals surface area contributed by atoms with E-state index in [1.54, 1.807) is 0 Å². The number of halogens is 1. The van der Waals surface area contributed by atoms with Gasteiger partial charge in [0, 0.05) is 12.1 Å². The average molecular weight is 274 g/mol. The van der Waals surface area contributed by atoms with Gasteiger partial charge in [-0.05, 0) is 25.1 Å². The summed E-state index contributed by atoms with van der Waals surface area (Å²) < 4.78 is 12.9. The fourth-order valence-corrected chi connectivity index (χ4v) is 2.16. The summed E-state index contributed by atoms with van der Waals surface area (Å²) in [6.07, 6.45) is 1.63. The molecule has 6 nitrogen and oxygen atoms in total. The molecule has 102 valence electrons. The van der Waals surface area contributed by atoms with Gasteiger partial charge in [-0.25, -0.2) is 24.1 Å². The Morgan fingerprint density at radius 3 is 2.90 bits per heavy atom. The van der Waals surface area contributed by atoms with Crippen LogP contribution in [0.2, 0.25) is 0 Å². The molecule has 0 bridgehead atoms. The van der Waals surface area contributed by atoms with E-state index in [4.69, 9.17) is 0 Å². The van der Waals surface area contributed by atoms with Crippen molar-refractivity contribution in [3.63, 3.8) is 0 Å². The van der Waals surface area contributed by atoms with Crippen molar-refractivity contribution in [2.75, 3.05) is 6.54 Å². The first-order valence-corrected chi connectivity index (χ1v) is 6.11. The number of aromatic nitrogens is 3. The van der Waals surface area contributed by atoms with E-state index >= 15 is 0 Å². The zero-order valence-electron chi connectivity index (χ0n) is 10.4. The number of hydrogen-bond acceptors (Lipinski definition) is 5. The first-order valence-electron chi connectivity index (χ1n) is 6.11. The lowest BCUT2D eigenvalue weighted by atomic mass is 10.0. The van der Waals surface area contributed by atoms with Crippen LogP contribution >= 0.6 is 0 Å². The minimum Gasteiger partial charge on any atom is -0.476 e. The summed E-state index contributed by atoms with van der Waals surface area (Å²) in [7, 11) is 0. The van der Waals surface area contributed by atoms with Crippen LogP contribution in [0.15, 0.2) is 18.3 Å². The Morgan fingerprint density at radius 1 is 1.35 bits per heavy atom. The number of aromatic carboxylic acids is 1. The van der Waals surface area contributed by atoms with Gasteiger partial charge < -0.3 is 10.4 Å². The van der Waals surface area contributed by atoms with E-state index in [0.717, 1.165) is 6.20 Å². The van der Waals surface area contributed by atoms with Crippen LogP contribution in [0.5, 0.6) is 0 Å². The number of hydrogen-bond donors (Lipinski definition) is 2. The Balaban J connectivity index is 2.14. The fraction of sp³-hybridized carbons (Fsp3) is 0.231. The topological polar surface area (TPSA) is 88.0 Å². The van der Waals surface area contributed by atoms with Gasteiger partial charge in [0.15, 0.2) is 11.5 Å². The lowest BCUT2D eigenvalue weighted by Gasteiger charge is -2.18. The number of carboxylic acids is 1. The van der Waals surface area contributed by atoms with Gasteiger partial charge in [0.2, 0.25) is 0 Å². The molecule has 2 aromatic rings. The van der Waals surface area contributed by atoms with E-state index in [1.807, 2.05) is 0 Å². The molecule has 0 spiro atoms. The van der Waals surface area contributed by atoms with Gasteiger partial charge >= 0.3 is 5.97 Å². The molecule has 7 heteroatoms. The lowest BCUT2D eigenvalue weighted by Crippen LogP contribution is -2.27. The van der Waals surface area contributed by atoms with Crippen molar-refractivity contribution < 1.29 is 14.3 Å². The normalized spacial score (nSPS) is 13.8. The van der Waals surface area contributed by atoms with Crippen molar-refractivity contribution in [1.82, 2.24) is 20.3 Å². The summed E-state index contributed by atoms with van der Waals surface area (Å²) in [5.41, 5.74) is 1.66. The Morgan fingerprint density at radius 2 is 2.20 bits per heavy atom. The molecule has 2 aromatic heterocycles. The summed E-state index contributed by atoms with van der Waals surface area (Å²) in [4.78, 5) is 23.6. The second-order valence-electron chi connectivity index (χ2n) is 4.41. The largest absolute Gasteiger partial charge is 0.476 e. The third kappa shape index (κ3) is 2.23. The number of carboxylic acid groups (broad SMARTS) is 1. The summed E-state index contributed by atoms with van der Waals surface area (Å²) in [6.45, 7) is 1.19. The smallest absolute Gasteiger partial charge is 0.354 e. The molecular weight excluding hydrogens is 263 g/mol. The molecule has 0 aromatic carbocycles. The van der Waals surface area contributed by atoms with Gasteiger partial charge in [-0.3, -0.25) is 0 Å². The van der Waals surface area contributed by atoms with Gasteiger partial charge in [0.1, 0.15) is 11.5 Å². The van der Waals surface area contributed by atoms with Gasteiger partial charge in [-0.1, -0.05) is 0 Å². The second kappa shape index (κ2) is 4.93. The van der Waals surface area contributed by atoms with Crippen molar-refractivity contribution >= 4 is 5.97 Å². The number of pyridine rings is 1. The number of rotatable bonds is 2. The Hall–Kier alpha value is -2.41. The van der Waals surface area contributed by atoms with E-state index in [9.17, 15) is 14.3 Å². The Bertz CT molecular complexity index is 673. The molecule has 0 saturated carbocycles. The predicted molar refractivity (Wildman–Crippen MR) is 67.6 cm³/mol. The summed E-state index contributed by atoms with van der Waals surface area (Å²) >= 11 is 0. The van der Waals surface area contributed by atoms with Gasteiger partial charge in [0.25, 0.3) is 0 Å². The molecule has 0 amide bonds. The zero-order chi connectivity index (χ0) is 14.1. The SMILES string of the molecule is O=C(O)c1nc(-c2ccc(F)cn2)nc2c1CCNC2. The quantitative estimate of drug-likeness (QED) is 0.850. The molecule has 3 rings (SSSR count). The standard InChI is InChI=1S/C13H11FN4O2/c14-7-1-2-9(16-5-7)12-17-10-6-15-4-3-8(10)11(18-12)13(19)20/h1-2,5,15H,3-4,6H2,(H,19,20). The van der Waals surface area contributed by atoms with E-state index in [2.05, 4.69) is 20.3 Å². The summed E-state index contributed by atoms with van der Waals surface area (Å²) in [5.74, 6) is -1.36. The zero-order valence-corrected chi connectivity index (χ0v) is 10.4. The summed E-state index contributed by atoms with van der Waals surface area (Å²) in [6, 6.07) is 2.67. The second-order valence-corrected chi connectivity index (χ2v) is 4.41. The minimum absolute atomic E-state index is 0.00220. The molecule has 20 heavy (non-hydrogen) atoms. The molecule has 0 fully saturated rings. The third-order valence-electron chi connectivity index (χ3n) is 3.10. The number of carbonyl (C=O) groups is 1. The number of fused-ring (bicyclic) bond motifs is 1. The van der Waals surface area contributed by atoms with Gasteiger partial charge in [-0.2, -0.15) is 0 Å². The highest BCUT2D eigenvalue weighted by atomic mass is 19.1. The molecule has 0 radical (unpaired) electrons. The van der Waals surface area contributed by atoms with Crippen LogP contribution in [0.4, 0.5) is 4.39 Å². The highest BCUT2D eigenvalue weighted by Crippen LogP contribution is 2.20. The lowest BCUT2D eigenvalue weighted by molar-refractivity contribution is 0.0688. The molecule has 3 heterocycles. The first-order chi connectivity index (χ1) is 9.65. The van der Waals surface area contributed by atoms with Gasteiger partial charge in [0.05, 0.1) is 11.9 Å². The number of nitrogens with zero attached hydrogens (tertiary/aromatic N) is 3. The van der Waals surface area contributed by atoms with E-state index in [-0.39, 0.29) is 11.5 Å². The van der Waals surface area contributed by atoms with Crippen molar-refractivity contribution in [3.8, 4) is 11.5 Å². The van der Waals surface area contributed by atoms with Crippen molar-refractivity contribution in [3.05, 3.63) is 41.1 Å². The highest BCUT2D eigenvalue weighted by molar-refractivity contribution is 5.88. The maximum absolute atomic E-state index is 12.9. The van der Waals surface area contributed by atoms with E-state index in [1.165, 1.54) is 12.1 Å². The van der Waals surface area contributed by atoms with Crippen LogP contribution in [0, 0.1) is 5.82 Å². The van der Waals surface area contributed by atoms with E-state index < -0.39 is 11.8 Å². The molecular formula is C13H11FN4O2. The maximum atomic E-state index is 12.9. The van der Waals surface area contributed by atoms with E-state index in [0.29, 0.717) is 36.5 Å². The van der Waals surface area contributed by atoms with Crippen LogP contribution in [0.25, 0.3) is 11.5 Å². The highest BCUT2D eigenvalue weighted by Gasteiger charge is 2.22. The maximum Gasteiger partial charge on any atom is 0.354 e. The Labute approximate surface area is 113 Å². The molecule has 0 atom stereocenters. The van der Waals surface area contributed by atoms with Crippen molar-refractivity contribution in [2.45, 2.75) is 13.0 Å². The van der Waals surface area contributed by atoms with Crippen molar-refractivity contribution in [2.24, 2.45) is 0 Å². The van der Waals surface area contributed by atoms with Crippen LogP contribution in [0.3, 0.4) is 0 Å². The molecule has 1 aliphatic rings. The molecule has 0 aliphatic carbocycles. The minimum atomic E-state index is -1.09. The summed E-state index contributed by atoms with van der Waals surface area (Å²) in [5, 5.41) is 12.4. The number of nitrogens with one attached hydrogen (secondary N) is 1. The molecule has 1 aliphatic heterocycles. The van der Waals surface area contributed by atoms with Crippen LogP contribution in [-0.4, -0.2) is 32.6 Å². The first kappa shape index (κ1) is 12.6. The molecule has 2 N–H and O–H groups in total. The van der Waals surface area contributed by atoms with Crippen LogP contribution in [-0.2, 0) is 13.0 Å². The van der Waals surface area contributed by atoms with Crippen molar-refractivity contribution in [1.29, 1.82) is 0 Å². The third-order valence-corrected chi connectivity index (χ3v) is 3.10. The average Bonchev–Trinajstić information content (AvgIpc) is 2.46. The Kier molecular flexibility index (Phi) is 3.11. The fourth-order valence-electron chi connectivity index (χ4n) is 2.16. The molecule has 0 saturated heterocycles. The van der Waals surface area contributed by atoms with Gasteiger partial charge in [-0.15, -0.1) is 0 Å². The van der Waals surface area contributed by atoms with Crippen LogP contribution in [0.1, 0.15) is 21.7 Å². The predicted octanol–water partition coefficient (Wildman–Crippen LogP) is 1.02.